The van der Waals surface area contributed by atoms with Crippen LogP contribution in [0.4, 0.5) is 8.78 Å². The summed E-state index contributed by atoms with van der Waals surface area (Å²) >= 11 is 0. The van der Waals surface area contributed by atoms with Crippen molar-refractivity contribution in [2.75, 3.05) is 0 Å². The van der Waals surface area contributed by atoms with E-state index in [1.165, 1.54) is 0 Å². The fourth-order valence-electron chi connectivity index (χ4n) is 2.77. The van der Waals surface area contributed by atoms with Gasteiger partial charge < -0.3 is 5.73 Å². The average Bonchev–Trinajstić information content (AvgIpc) is 2.56. The van der Waals surface area contributed by atoms with Gasteiger partial charge in [0.2, 0.25) is 5.92 Å². The molecule has 2 rings (SSSR count). The van der Waals surface area contributed by atoms with Crippen molar-refractivity contribution in [3.63, 3.8) is 0 Å². The lowest BCUT2D eigenvalue weighted by Crippen LogP contribution is -2.21. The van der Waals surface area contributed by atoms with Gasteiger partial charge in [0, 0.05) is 18.9 Å². The average molecular weight is 239 g/mol. The smallest absolute Gasteiger partial charge is 0.248 e. The molecule has 2 N–H and O–H groups in total. The summed E-state index contributed by atoms with van der Waals surface area (Å²) in [5.41, 5.74) is 9.39. The van der Waals surface area contributed by atoms with Crippen molar-refractivity contribution in [2.45, 2.75) is 45.1 Å². The number of hydrogen-bond donors (Lipinski definition) is 1. The van der Waals surface area contributed by atoms with Crippen LogP contribution in [-0.4, -0.2) is 5.92 Å². The Bertz CT molecular complexity index is 394. The molecule has 1 aromatic rings. The van der Waals surface area contributed by atoms with Crippen molar-refractivity contribution in [1.82, 2.24) is 0 Å². The molecule has 1 fully saturated rings. The molecule has 1 aliphatic carbocycles. The highest BCUT2D eigenvalue weighted by molar-refractivity contribution is 5.31. The van der Waals surface area contributed by atoms with E-state index >= 15 is 0 Å². The van der Waals surface area contributed by atoms with Crippen LogP contribution >= 0.6 is 0 Å². The number of benzene rings is 1. The maximum atomic E-state index is 13.2. The number of halogens is 2. The molecule has 0 aliphatic heterocycles. The molecule has 1 aromatic carbocycles. The summed E-state index contributed by atoms with van der Waals surface area (Å²) in [5, 5.41) is 0. The first kappa shape index (κ1) is 12.5. The number of aryl methyl sites for hydroxylation is 2. The normalized spacial score (nSPS) is 24.9. The van der Waals surface area contributed by atoms with Crippen LogP contribution in [0.15, 0.2) is 18.2 Å². The molecule has 17 heavy (non-hydrogen) atoms. The van der Waals surface area contributed by atoms with Gasteiger partial charge in [-0.3, -0.25) is 0 Å². The zero-order chi connectivity index (χ0) is 12.6. The summed E-state index contributed by atoms with van der Waals surface area (Å²) in [4.78, 5) is 0. The zero-order valence-electron chi connectivity index (χ0n) is 10.3. The minimum absolute atomic E-state index is 0.0177. The van der Waals surface area contributed by atoms with E-state index in [2.05, 4.69) is 6.07 Å². The van der Waals surface area contributed by atoms with E-state index in [0.29, 0.717) is 6.42 Å². The molecule has 1 saturated carbocycles. The molecule has 0 heterocycles. The summed E-state index contributed by atoms with van der Waals surface area (Å²) in [6.45, 7) is 4.01. The van der Waals surface area contributed by atoms with Crippen molar-refractivity contribution >= 4 is 0 Å². The van der Waals surface area contributed by atoms with Crippen LogP contribution < -0.4 is 5.73 Å². The maximum absolute atomic E-state index is 13.2. The number of nitrogens with two attached hydrogens (primary N) is 1. The topological polar surface area (TPSA) is 26.0 Å². The quantitative estimate of drug-likeness (QED) is 0.836. The summed E-state index contributed by atoms with van der Waals surface area (Å²) in [6, 6.07) is 5.82. The Morgan fingerprint density at radius 1 is 1.24 bits per heavy atom. The fraction of sp³-hybridized carbons (Fsp3) is 0.571. The number of hydrogen-bond acceptors (Lipinski definition) is 1. The van der Waals surface area contributed by atoms with Gasteiger partial charge in [-0.05, 0) is 31.7 Å². The Kier molecular flexibility index (Phi) is 3.21. The molecular weight excluding hydrogens is 220 g/mol. The lowest BCUT2D eigenvalue weighted by Gasteiger charge is -2.20. The van der Waals surface area contributed by atoms with Crippen LogP contribution in [0.3, 0.4) is 0 Å². The van der Waals surface area contributed by atoms with E-state index in [9.17, 15) is 8.78 Å². The van der Waals surface area contributed by atoms with Crippen molar-refractivity contribution in [3.05, 3.63) is 34.9 Å². The monoisotopic (exact) mass is 239 g/mol. The van der Waals surface area contributed by atoms with Crippen LogP contribution in [-0.2, 0) is 0 Å². The Morgan fingerprint density at radius 3 is 2.29 bits per heavy atom. The minimum Gasteiger partial charge on any atom is -0.324 e. The zero-order valence-corrected chi connectivity index (χ0v) is 10.3. The van der Waals surface area contributed by atoms with Gasteiger partial charge in [0.25, 0.3) is 0 Å². The lowest BCUT2D eigenvalue weighted by molar-refractivity contribution is 0.00391. The molecular formula is C14H19F2N. The van der Waals surface area contributed by atoms with Gasteiger partial charge in [0.1, 0.15) is 0 Å². The highest BCUT2D eigenvalue weighted by Gasteiger charge is 2.41. The molecule has 1 aliphatic rings. The maximum Gasteiger partial charge on any atom is 0.248 e. The first-order valence-corrected chi connectivity index (χ1v) is 6.09. The second-order valence-corrected chi connectivity index (χ2v) is 5.31. The second kappa shape index (κ2) is 4.37. The third-order valence-electron chi connectivity index (χ3n) is 3.58. The minimum atomic E-state index is -2.51. The van der Waals surface area contributed by atoms with Crippen LogP contribution in [0.25, 0.3) is 0 Å². The van der Waals surface area contributed by atoms with Crippen molar-refractivity contribution in [2.24, 2.45) is 11.7 Å². The Labute approximate surface area is 101 Å². The van der Waals surface area contributed by atoms with Gasteiger partial charge in [-0.1, -0.05) is 29.3 Å². The Balaban J connectivity index is 2.17. The van der Waals surface area contributed by atoms with Crippen molar-refractivity contribution < 1.29 is 8.78 Å². The largest absolute Gasteiger partial charge is 0.324 e. The fourth-order valence-corrected chi connectivity index (χ4v) is 2.77. The number of alkyl halides is 2. The van der Waals surface area contributed by atoms with Gasteiger partial charge in [-0.2, -0.15) is 0 Å². The third kappa shape index (κ3) is 2.83. The first-order chi connectivity index (χ1) is 7.87. The van der Waals surface area contributed by atoms with Crippen molar-refractivity contribution in [1.29, 1.82) is 0 Å². The number of rotatable bonds is 2. The highest BCUT2D eigenvalue weighted by atomic mass is 19.3. The first-order valence-electron chi connectivity index (χ1n) is 6.09. The molecule has 0 aromatic heterocycles. The molecule has 2 unspecified atom stereocenters. The molecule has 0 bridgehead atoms. The summed E-state index contributed by atoms with van der Waals surface area (Å²) < 4.78 is 26.3. The van der Waals surface area contributed by atoms with E-state index in [1.54, 1.807) is 0 Å². The van der Waals surface area contributed by atoms with Gasteiger partial charge in [0.05, 0.1) is 0 Å². The predicted octanol–water partition coefficient (Wildman–Crippen LogP) is 3.74. The molecule has 1 nitrogen and oxygen atoms in total. The molecule has 0 spiro atoms. The van der Waals surface area contributed by atoms with Crippen LogP contribution in [0.5, 0.6) is 0 Å². The molecule has 0 saturated heterocycles. The second-order valence-electron chi connectivity index (χ2n) is 5.31. The molecule has 94 valence electrons. The molecule has 3 heteroatoms. The standard InChI is InChI=1S/C14H19F2N/c1-9-5-10(2)7-12(6-9)13(17)11-3-4-14(15,16)8-11/h5-7,11,13H,3-4,8,17H2,1-2H3. The SMILES string of the molecule is Cc1cc(C)cc(C(N)C2CCC(F)(F)C2)c1. The van der Waals surface area contributed by atoms with E-state index in [0.717, 1.165) is 16.7 Å². The van der Waals surface area contributed by atoms with Gasteiger partial charge in [-0.15, -0.1) is 0 Å². The highest BCUT2D eigenvalue weighted by Crippen LogP contribution is 2.43. The Hall–Kier alpha value is -0.960. The molecule has 0 radical (unpaired) electrons. The Morgan fingerprint density at radius 2 is 1.82 bits per heavy atom. The van der Waals surface area contributed by atoms with Gasteiger partial charge in [-0.25, -0.2) is 8.78 Å². The summed E-state index contributed by atoms with van der Waals surface area (Å²) in [5.74, 6) is -2.60. The lowest BCUT2D eigenvalue weighted by atomic mass is 9.90. The van der Waals surface area contributed by atoms with Gasteiger partial charge >= 0.3 is 0 Å². The third-order valence-corrected chi connectivity index (χ3v) is 3.58. The summed E-state index contributed by atoms with van der Waals surface area (Å²) in [7, 11) is 0. The van der Waals surface area contributed by atoms with Crippen LogP contribution in [0.2, 0.25) is 0 Å². The predicted molar refractivity (Wildman–Crippen MR) is 65.1 cm³/mol. The molecule has 2 atom stereocenters. The van der Waals surface area contributed by atoms with E-state index < -0.39 is 5.92 Å². The summed E-state index contributed by atoms with van der Waals surface area (Å²) in [6.07, 6.45) is 0.443. The van der Waals surface area contributed by atoms with Gasteiger partial charge in [0.15, 0.2) is 0 Å². The van der Waals surface area contributed by atoms with E-state index in [4.69, 9.17) is 5.73 Å². The van der Waals surface area contributed by atoms with Crippen LogP contribution in [0.1, 0.15) is 42.0 Å². The van der Waals surface area contributed by atoms with E-state index in [-0.39, 0.29) is 24.8 Å². The van der Waals surface area contributed by atoms with E-state index in [1.807, 2.05) is 26.0 Å². The van der Waals surface area contributed by atoms with Crippen LogP contribution in [0, 0.1) is 19.8 Å². The van der Waals surface area contributed by atoms with Crippen molar-refractivity contribution in [3.8, 4) is 0 Å². The molecule has 0 amide bonds.